The number of carboxylic acid groups (broad SMARTS) is 2. The minimum Gasteiger partial charge on any atom is -0.480 e. The Hall–Kier alpha value is -2.64. The van der Waals surface area contributed by atoms with E-state index in [4.69, 9.17) is 15.9 Å². The summed E-state index contributed by atoms with van der Waals surface area (Å²) in [6.45, 7) is 0.511. The molecule has 0 saturated carbocycles. The van der Waals surface area contributed by atoms with E-state index in [0.717, 1.165) is 4.90 Å². The fourth-order valence-corrected chi connectivity index (χ4v) is 1.50. The number of rotatable bonds is 6. The van der Waals surface area contributed by atoms with Crippen molar-refractivity contribution in [2.45, 2.75) is 6.92 Å². The molecule has 1 heterocycles. The molecule has 19 heavy (non-hydrogen) atoms. The summed E-state index contributed by atoms with van der Waals surface area (Å²) in [7, 11) is 0. The smallest absolute Gasteiger partial charge is 0.323 e. The molecular weight excluding hydrogens is 254 g/mol. The van der Waals surface area contributed by atoms with E-state index in [1.165, 1.54) is 12.1 Å². The number of carboxylic acids is 2. The number of aryl methyl sites for hydroxylation is 1. The number of hydrogen-bond acceptors (Lipinski definition) is 5. The zero-order valence-electron chi connectivity index (χ0n) is 10.2. The van der Waals surface area contributed by atoms with Gasteiger partial charge in [0.15, 0.2) is 0 Å². The second kappa shape index (κ2) is 5.80. The molecule has 0 aromatic carbocycles. The number of aromatic nitrogens is 1. The Morgan fingerprint density at radius 3 is 2.16 bits per heavy atom. The average molecular weight is 267 g/mol. The van der Waals surface area contributed by atoms with Crippen LogP contribution in [0.2, 0.25) is 0 Å². The zero-order valence-corrected chi connectivity index (χ0v) is 10.2. The van der Waals surface area contributed by atoms with Gasteiger partial charge in [0.05, 0.1) is 0 Å². The number of carbonyl (C=O) groups excluding carboxylic acids is 1. The third kappa shape index (κ3) is 4.26. The van der Waals surface area contributed by atoms with E-state index in [0.29, 0.717) is 5.69 Å². The van der Waals surface area contributed by atoms with Gasteiger partial charge in [-0.15, -0.1) is 0 Å². The Bertz CT molecular complexity index is 513. The van der Waals surface area contributed by atoms with Gasteiger partial charge in [-0.2, -0.15) is 0 Å². The Morgan fingerprint density at radius 1 is 1.21 bits per heavy atom. The lowest BCUT2D eigenvalue weighted by Crippen LogP contribution is -2.35. The van der Waals surface area contributed by atoms with E-state index in [2.05, 4.69) is 4.98 Å². The van der Waals surface area contributed by atoms with Crippen molar-refractivity contribution in [3.05, 3.63) is 23.4 Å². The first-order chi connectivity index (χ1) is 8.79. The minimum absolute atomic E-state index is 0.0820. The van der Waals surface area contributed by atoms with Gasteiger partial charge in [-0.1, -0.05) is 0 Å². The molecule has 8 nitrogen and oxygen atoms in total. The minimum atomic E-state index is -1.20. The predicted octanol–water partition coefficient (Wildman–Crippen LogP) is -0.535. The van der Waals surface area contributed by atoms with E-state index in [1.807, 2.05) is 0 Å². The summed E-state index contributed by atoms with van der Waals surface area (Å²) in [5, 5.41) is 17.5. The largest absolute Gasteiger partial charge is 0.480 e. The number of pyridine rings is 1. The summed E-state index contributed by atoms with van der Waals surface area (Å²) in [6.07, 6.45) is 0. The monoisotopic (exact) mass is 267 g/mol. The predicted molar refractivity (Wildman–Crippen MR) is 65.0 cm³/mol. The second-order valence-electron chi connectivity index (χ2n) is 3.86. The summed E-state index contributed by atoms with van der Waals surface area (Å²) in [4.78, 5) is 37.6. The van der Waals surface area contributed by atoms with Crippen LogP contribution in [0.1, 0.15) is 16.1 Å². The molecule has 1 aromatic heterocycles. The number of primary amides is 1. The summed E-state index contributed by atoms with van der Waals surface area (Å²) < 4.78 is 0. The van der Waals surface area contributed by atoms with Gasteiger partial charge >= 0.3 is 11.9 Å². The highest BCUT2D eigenvalue weighted by Gasteiger charge is 2.17. The number of carbonyl (C=O) groups is 3. The first-order valence-corrected chi connectivity index (χ1v) is 5.26. The average Bonchev–Trinajstić information content (AvgIpc) is 2.25. The summed E-state index contributed by atoms with van der Waals surface area (Å²) in [5.41, 5.74) is 5.72. The third-order valence-electron chi connectivity index (χ3n) is 2.20. The molecule has 1 rings (SSSR count). The van der Waals surface area contributed by atoms with E-state index < -0.39 is 30.9 Å². The molecule has 1 aromatic rings. The van der Waals surface area contributed by atoms with Gasteiger partial charge in [-0.3, -0.25) is 14.4 Å². The molecule has 0 aliphatic carbocycles. The Labute approximate surface area is 108 Å². The molecule has 0 aliphatic heterocycles. The maximum Gasteiger partial charge on any atom is 0.323 e. The van der Waals surface area contributed by atoms with Crippen LogP contribution in [0.15, 0.2) is 12.1 Å². The molecule has 0 fully saturated rings. The Morgan fingerprint density at radius 2 is 1.74 bits per heavy atom. The van der Waals surface area contributed by atoms with Gasteiger partial charge in [0, 0.05) is 11.3 Å². The first kappa shape index (κ1) is 14.4. The van der Waals surface area contributed by atoms with Gasteiger partial charge in [-0.25, -0.2) is 4.98 Å². The van der Waals surface area contributed by atoms with Gasteiger partial charge in [0.2, 0.25) is 5.91 Å². The molecule has 1 amide bonds. The molecule has 4 N–H and O–H groups in total. The van der Waals surface area contributed by atoms with Gasteiger partial charge < -0.3 is 20.8 Å². The molecule has 102 valence electrons. The quantitative estimate of drug-likeness (QED) is 0.630. The molecule has 0 unspecified atom stereocenters. The fourth-order valence-electron chi connectivity index (χ4n) is 1.50. The van der Waals surface area contributed by atoms with E-state index in [-0.39, 0.29) is 11.4 Å². The van der Waals surface area contributed by atoms with Crippen LogP contribution in [-0.2, 0) is 9.59 Å². The number of hydrogen-bond donors (Lipinski definition) is 3. The fraction of sp³-hybridized carbons (Fsp3) is 0.273. The van der Waals surface area contributed by atoms with E-state index in [1.54, 1.807) is 6.92 Å². The van der Waals surface area contributed by atoms with Crippen LogP contribution < -0.4 is 10.6 Å². The topological polar surface area (TPSA) is 134 Å². The molecule has 0 aliphatic rings. The van der Waals surface area contributed by atoms with E-state index in [9.17, 15) is 14.4 Å². The lowest BCUT2D eigenvalue weighted by molar-refractivity contribution is -0.136. The standard InChI is InChI=1S/C11H13N3O5/c1-6-2-7(11(12)19)3-8(13-6)14(4-9(15)16)5-10(17)18/h2-3H,4-5H2,1H3,(H2,12,19)(H,15,16)(H,17,18). The van der Waals surface area contributed by atoms with Crippen LogP contribution in [0.4, 0.5) is 5.82 Å². The van der Waals surface area contributed by atoms with Crippen molar-refractivity contribution in [2.24, 2.45) is 5.73 Å². The molecular formula is C11H13N3O5. The third-order valence-corrected chi connectivity index (χ3v) is 2.20. The first-order valence-electron chi connectivity index (χ1n) is 5.26. The highest BCUT2D eigenvalue weighted by Crippen LogP contribution is 2.14. The van der Waals surface area contributed by atoms with Crippen LogP contribution >= 0.6 is 0 Å². The van der Waals surface area contributed by atoms with Crippen LogP contribution in [-0.4, -0.2) is 46.1 Å². The normalized spacial score (nSPS) is 9.95. The van der Waals surface area contributed by atoms with Crippen LogP contribution in [0.25, 0.3) is 0 Å². The lowest BCUT2D eigenvalue weighted by atomic mass is 10.2. The van der Waals surface area contributed by atoms with Crippen LogP contribution in [0, 0.1) is 6.92 Å². The number of aliphatic carboxylic acids is 2. The zero-order chi connectivity index (χ0) is 14.6. The second-order valence-corrected chi connectivity index (χ2v) is 3.86. The molecule has 0 saturated heterocycles. The van der Waals surface area contributed by atoms with Crippen molar-refractivity contribution in [1.82, 2.24) is 4.98 Å². The van der Waals surface area contributed by atoms with Gasteiger partial charge in [0.1, 0.15) is 18.9 Å². The van der Waals surface area contributed by atoms with Crippen molar-refractivity contribution >= 4 is 23.7 Å². The molecule has 0 spiro atoms. The Kier molecular flexibility index (Phi) is 4.41. The van der Waals surface area contributed by atoms with Crippen LogP contribution in [0.5, 0.6) is 0 Å². The highest BCUT2D eigenvalue weighted by molar-refractivity contribution is 5.94. The molecule has 8 heteroatoms. The van der Waals surface area contributed by atoms with Gasteiger partial charge in [-0.05, 0) is 19.1 Å². The Balaban J connectivity index is 3.16. The summed E-state index contributed by atoms with van der Waals surface area (Å²) in [5.74, 6) is -3.02. The molecule has 0 atom stereocenters. The number of nitrogens with zero attached hydrogens (tertiary/aromatic N) is 2. The summed E-state index contributed by atoms with van der Waals surface area (Å²) >= 11 is 0. The van der Waals surface area contributed by atoms with Crippen molar-refractivity contribution in [3.8, 4) is 0 Å². The van der Waals surface area contributed by atoms with Crippen molar-refractivity contribution in [3.63, 3.8) is 0 Å². The van der Waals surface area contributed by atoms with Crippen LogP contribution in [0.3, 0.4) is 0 Å². The van der Waals surface area contributed by atoms with E-state index >= 15 is 0 Å². The molecule has 0 radical (unpaired) electrons. The maximum absolute atomic E-state index is 11.1. The highest BCUT2D eigenvalue weighted by atomic mass is 16.4. The van der Waals surface area contributed by atoms with Gasteiger partial charge in [0.25, 0.3) is 0 Å². The lowest BCUT2D eigenvalue weighted by Gasteiger charge is -2.20. The van der Waals surface area contributed by atoms with Crippen molar-refractivity contribution in [1.29, 1.82) is 0 Å². The molecule has 0 bridgehead atoms. The maximum atomic E-state index is 11.1. The number of nitrogens with two attached hydrogens (primary N) is 1. The van der Waals surface area contributed by atoms with Crippen molar-refractivity contribution < 1.29 is 24.6 Å². The van der Waals surface area contributed by atoms with Crippen molar-refractivity contribution in [2.75, 3.05) is 18.0 Å². The SMILES string of the molecule is Cc1cc(C(N)=O)cc(N(CC(=O)O)CC(=O)O)n1. The number of amides is 1. The number of anilines is 1. The summed E-state index contributed by atoms with van der Waals surface area (Å²) in [6, 6.07) is 2.70.